The molecule has 1 fully saturated rings. The van der Waals surface area contributed by atoms with Crippen LogP contribution in [-0.2, 0) is 14.8 Å². The monoisotopic (exact) mass is 571 g/mol. The van der Waals surface area contributed by atoms with Gasteiger partial charge in [0.15, 0.2) is 5.69 Å². The Balaban J connectivity index is 1.82. The van der Waals surface area contributed by atoms with Crippen molar-refractivity contribution in [3.8, 4) is 17.3 Å². The topological polar surface area (TPSA) is 155 Å². The van der Waals surface area contributed by atoms with Crippen LogP contribution >= 0.6 is 0 Å². The molecule has 1 saturated heterocycles. The van der Waals surface area contributed by atoms with Gasteiger partial charge in [-0.15, -0.1) is 0 Å². The molecule has 3 aromatic rings. The third kappa shape index (κ3) is 6.16. The standard InChI is InChI=1S/C27H33N5O7S/c1-5-13-29-40(36,37)24-15-20(32(34)35)11-12-23(24)39-27-19(4)25(26(33)28-16-21-9-7-14-38-21)30-31(27)22-10-6-8-17(2)18(22)3/h6,8,10-12,15,21,29H,5,7,9,13-14,16H2,1-4H3,(H,28,33). The molecule has 1 aromatic heterocycles. The quantitative estimate of drug-likeness (QED) is 0.258. The summed E-state index contributed by atoms with van der Waals surface area (Å²) in [5.74, 6) is -0.463. The Bertz CT molecular complexity index is 1530. The van der Waals surface area contributed by atoms with Crippen molar-refractivity contribution in [2.45, 2.75) is 58.0 Å². The van der Waals surface area contributed by atoms with Gasteiger partial charge in [-0.05, 0) is 63.3 Å². The number of amides is 1. The fraction of sp³-hybridized carbons (Fsp3) is 0.407. The molecule has 2 N–H and O–H groups in total. The zero-order valence-corrected chi connectivity index (χ0v) is 23.7. The molecule has 1 unspecified atom stereocenters. The van der Waals surface area contributed by atoms with Crippen LogP contribution in [0.5, 0.6) is 11.6 Å². The minimum Gasteiger partial charge on any atom is -0.437 e. The molecule has 2 aromatic carbocycles. The molecule has 2 heterocycles. The molecule has 0 radical (unpaired) electrons. The van der Waals surface area contributed by atoms with Crippen molar-refractivity contribution in [3.05, 3.63) is 68.9 Å². The highest BCUT2D eigenvalue weighted by Gasteiger charge is 2.28. The number of benzene rings is 2. The van der Waals surface area contributed by atoms with E-state index in [2.05, 4.69) is 15.1 Å². The predicted octanol–water partition coefficient (Wildman–Crippen LogP) is 4.10. The molecule has 0 bridgehead atoms. The Morgan fingerprint density at radius 2 is 2.00 bits per heavy atom. The number of hydrogen-bond donors (Lipinski definition) is 2. The average molecular weight is 572 g/mol. The summed E-state index contributed by atoms with van der Waals surface area (Å²) in [4.78, 5) is 23.6. The van der Waals surface area contributed by atoms with Crippen molar-refractivity contribution < 1.29 is 27.6 Å². The molecule has 0 aliphatic carbocycles. The molecule has 1 atom stereocenters. The van der Waals surface area contributed by atoms with Crippen LogP contribution in [0.15, 0.2) is 41.3 Å². The van der Waals surface area contributed by atoms with E-state index in [4.69, 9.17) is 9.47 Å². The number of nitrogens with zero attached hydrogens (tertiary/aromatic N) is 3. The number of sulfonamides is 1. The van der Waals surface area contributed by atoms with Crippen molar-refractivity contribution in [2.24, 2.45) is 0 Å². The Hall–Kier alpha value is -3.81. The van der Waals surface area contributed by atoms with E-state index in [9.17, 15) is 23.3 Å². The van der Waals surface area contributed by atoms with Crippen LogP contribution in [0.3, 0.4) is 0 Å². The van der Waals surface area contributed by atoms with Gasteiger partial charge in [-0.2, -0.15) is 9.78 Å². The summed E-state index contributed by atoms with van der Waals surface area (Å²) in [6.45, 7) is 8.42. The van der Waals surface area contributed by atoms with Crippen molar-refractivity contribution in [3.63, 3.8) is 0 Å². The van der Waals surface area contributed by atoms with Gasteiger partial charge in [0.1, 0.15) is 10.6 Å². The number of aryl methyl sites for hydroxylation is 1. The van der Waals surface area contributed by atoms with Crippen LogP contribution in [-0.4, -0.2) is 54.8 Å². The van der Waals surface area contributed by atoms with E-state index in [1.165, 1.54) is 10.7 Å². The molecule has 0 saturated carbocycles. The van der Waals surface area contributed by atoms with Gasteiger partial charge < -0.3 is 14.8 Å². The number of ether oxygens (including phenoxy) is 2. The van der Waals surface area contributed by atoms with E-state index in [0.717, 1.165) is 36.1 Å². The Labute approximate surface area is 232 Å². The van der Waals surface area contributed by atoms with E-state index in [-0.39, 0.29) is 30.0 Å². The highest BCUT2D eigenvalue weighted by Crippen LogP contribution is 2.36. The Kier molecular flexibility index (Phi) is 8.86. The molecule has 1 aliphatic rings. The second-order valence-electron chi connectivity index (χ2n) is 9.64. The first-order valence-electron chi connectivity index (χ1n) is 13.1. The maximum absolute atomic E-state index is 13.2. The number of aromatic nitrogens is 2. The summed E-state index contributed by atoms with van der Waals surface area (Å²) >= 11 is 0. The first-order valence-corrected chi connectivity index (χ1v) is 14.5. The molecule has 12 nitrogen and oxygen atoms in total. The third-order valence-electron chi connectivity index (χ3n) is 6.78. The van der Waals surface area contributed by atoms with Crippen molar-refractivity contribution in [1.29, 1.82) is 0 Å². The summed E-state index contributed by atoms with van der Waals surface area (Å²) < 4.78 is 41.9. The van der Waals surface area contributed by atoms with Gasteiger partial charge in [0.2, 0.25) is 15.9 Å². The molecule has 40 heavy (non-hydrogen) atoms. The number of non-ortho nitro benzene ring substituents is 1. The first-order chi connectivity index (χ1) is 19.0. The lowest BCUT2D eigenvalue weighted by Crippen LogP contribution is -2.32. The van der Waals surface area contributed by atoms with Gasteiger partial charge in [0, 0.05) is 37.4 Å². The average Bonchev–Trinajstić information content (AvgIpc) is 3.56. The summed E-state index contributed by atoms with van der Waals surface area (Å²) in [5.41, 5.74) is 2.55. The summed E-state index contributed by atoms with van der Waals surface area (Å²) in [5, 5.41) is 18.9. The smallest absolute Gasteiger partial charge is 0.272 e. The number of nitro groups is 1. The Morgan fingerprint density at radius 1 is 1.23 bits per heavy atom. The summed E-state index contributed by atoms with van der Waals surface area (Å²) in [7, 11) is -4.16. The summed E-state index contributed by atoms with van der Waals surface area (Å²) in [6, 6.07) is 8.94. The van der Waals surface area contributed by atoms with Gasteiger partial charge >= 0.3 is 0 Å². The molecule has 4 rings (SSSR count). The van der Waals surface area contributed by atoms with Crippen molar-refractivity contribution in [1.82, 2.24) is 19.8 Å². The number of nitrogens with one attached hydrogen (secondary N) is 2. The SMILES string of the molecule is CCCNS(=O)(=O)c1cc([N+](=O)[O-])ccc1Oc1c(C)c(C(=O)NCC2CCCO2)nn1-c1cccc(C)c1C. The second-order valence-corrected chi connectivity index (χ2v) is 11.4. The normalized spacial score (nSPS) is 15.2. The molecule has 13 heteroatoms. The molecule has 214 valence electrons. The van der Waals surface area contributed by atoms with Crippen LogP contribution in [0.2, 0.25) is 0 Å². The highest BCUT2D eigenvalue weighted by atomic mass is 32.2. The third-order valence-corrected chi connectivity index (χ3v) is 8.26. The molecule has 0 spiro atoms. The van der Waals surface area contributed by atoms with Gasteiger partial charge in [0.05, 0.1) is 16.7 Å². The minimum atomic E-state index is -4.16. The molecule has 1 amide bonds. The van der Waals surface area contributed by atoms with Gasteiger partial charge in [-0.1, -0.05) is 19.1 Å². The van der Waals surface area contributed by atoms with Crippen LogP contribution in [0.1, 0.15) is 53.4 Å². The number of carbonyl (C=O) groups is 1. The van der Waals surface area contributed by atoms with Gasteiger partial charge in [0.25, 0.3) is 11.6 Å². The van der Waals surface area contributed by atoms with Crippen molar-refractivity contribution >= 4 is 21.6 Å². The summed E-state index contributed by atoms with van der Waals surface area (Å²) in [6.07, 6.45) is 2.25. The lowest BCUT2D eigenvalue weighted by Gasteiger charge is -2.15. The van der Waals surface area contributed by atoms with E-state index in [0.29, 0.717) is 30.8 Å². The molecular weight excluding hydrogens is 538 g/mol. The number of rotatable bonds is 11. The van der Waals surface area contributed by atoms with E-state index < -0.39 is 31.4 Å². The number of nitro benzene ring substituents is 1. The lowest BCUT2D eigenvalue weighted by molar-refractivity contribution is -0.385. The van der Waals surface area contributed by atoms with E-state index >= 15 is 0 Å². The van der Waals surface area contributed by atoms with Gasteiger partial charge in [-0.25, -0.2) is 13.1 Å². The van der Waals surface area contributed by atoms with Crippen LogP contribution in [0.4, 0.5) is 5.69 Å². The fourth-order valence-corrected chi connectivity index (χ4v) is 5.64. The Morgan fingerprint density at radius 3 is 2.67 bits per heavy atom. The lowest BCUT2D eigenvalue weighted by atomic mass is 10.1. The van der Waals surface area contributed by atoms with Crippen LogP contribution in [0.25, 0.3) is 5.69 Å². The predicted molar refractivity (Wildman–Crippen MR) is 148 cm³/mol. The van der Waals surface area contributed by atoms with E-state index in [1.807, 2.05) is 32.0 Å². The minimum absolute atomic E-state index is 0.0652. The molecular formula is C27H33N5O7S. The van der Waals surface area contributed by atoms with E-state index in [1.54, 1.807) is 13.8 Å². The number of carbonyl (C=O) groups excluding carboxylic acids is 1. The maximum atomic E-state index is 13.2. The largest absolute Gasteiger partial charge is 0.437 e. The van der Waals surface area contributed by atoms with Gasteiger partial charge in [-0.3, -0.25) is 14.9 Å². The zero-order chi connectivity index (χ0) is 29.0. The molecule has 1 aliphatic heterocycles. The zero-order valence-electron chi connectivity index (χ0n) is 22.9. The number of hydrogen-bond acceptors (Lipinski definition) is 8. The maximum Gasteiger partial charge on any atom is 0.272 e. The fourth-order valence-electron chi connectivity index (χ4n) is 4.36. The second kappa shape index (κ2) is 12.1. The van der Waals surface area contributed by atoms with Crippen LogP contribution < -0.4 is 14.8 Å². The first kappa shape index (κ1) is 29.2. The van der Waals surface area contributed by atoms with Crippen molar-refractivity contribution in [2.75, 3.05) is 19.7 Å². The highest BCUT2D eigenvalue weighted by molar-refractivity contribution is 7.89. The van der Waals surface area contributed by atoms with Crippen LogP contribution in [0, 0.1) is 30.9 Å².